The standard InChI is InChI=1S/C8H6F3N3/c1-5-4-14-7(12-5)3-2-6(13-14)8(9,10)11/h2-4H,1H3. The van der Waals surface area contributed by atoms with Gasteiger partial charge in [-0.05, 0) is 19.1 Å². The lowest BCUT2D eigenvalue weighted by Crippen LogP contribution is -2.10. The Kier molecular flexibility index (Phi) is 1.73. The van der Waals surface area contributed by atoms with Crippen LogP contribution in [0.3, 0.4) is 0 Å². The molecule has 0 amide bonds. The first-order valence-electron chi connectivity index (χ1n) is 3.87. The SMILES string of the molecule is Cc1cn2nc(C(F)(F)F)ccc2n1. The largest absolute Gasteiger partial charge is 0.435 e. The van der Waals surface area contributed by atoms with Crippen LogP contribution in [0, 0.1) is 6.92 Å². The first kappa shape index (κ1) is 8.98. The van der Waals surface area contributed by atoms with Crippen molar-refractivity contribution in [1.29, 1.82) is 0 Å². The zero-order chi connectivity index (χ0) is 10.3. The van der Waals surface area contributed by atoms with Gasteiger partial charge in [0.2, 0.25) is 0 Å². The highest BCUT2D eigenvalue weighted by atomic mass is 19.4. The van der Waals surface area contributed by atoms with E-state index in [0.717, 1.165) is 10.6 Å². The first-order valence-corrected chi connectivity index (χ1v) is 3.87. The number of aromatic nitrogens is 3. The molecule has 14 heavy (non-hydrogen) atoms. The Labute approximate surface area is 77.2 Å². The van der Waals surface area contributed by atoms with Crippen molar-refractivity contribution in [2.24, 2.45) is 0 Å². The Morgan fingerprint density at radius 3 is 2.64 bits per heavy atom. The molecule has 0 saturated carbocycles. The summed E-state index contributed by atoms with van der Waals surface area (Å²) in [6, 6.07) is 2.21. The number of aryl methyl sites for hydroxylation is 1. The fourth-order valence-corrected chi connectivity index (χ4v) is 1.15. The molecule has 0 aliphatic rings. The van der Waals surface area contributed by atoms with Crippen molar-refractivity contribution in [1.82, 2.24) is 14.6 Å². The first-order chi connectivity index (χ1) is 6.47. The lowest BCUT2D eigenvalue weighted by Gasteiger charge is -2.04. The van der Waals surface area contributed by atoms with E-state index in [9.17, 15) is 13.2 Å². The van der Waals surface area contributed by atoms with Crippen molar-refractivity contribution < 1.29 is 13.2 Å². The zero-order valence-corrected chi connectivity index (χ0v) is 7.21. The van der Waals surface area contributed by atoms with E-state index < -0.39 is 11.9 Å². The molecule has 2 rings (SSSR count). The van der Waals surface area contributed by atoms with Crippen molar-refractivity contribution in [3.05, 3.63) is 29.7 Å². The fraction of sp³-hybridized carbons (Fsp3) is 0.250. The summed E-state index contributed by atoms with van der Waals surface area (Å²) < 4.78 is 37.8. The van der Waals surface area contributed by atoms with E-state index in [-0.39, 0.29) is 0 Å². The van der Waals surface area contributed by atoms with Crippen LogP contribution in [-0.4, -0.2) is 14.6 Å². The molecule has 0 aliphatic carbocycles. The molecule has 3 nitrogen and oxygen atoms in total. The molecule has 0 saturated heterocycles. The number of imidazole rings is 1. The monoisotopic (exact) mass is 201 g/mol. The van der Waals surface area contributed by atoms with Crippen molar-refractivity contribution in [3.63, 3.8) is 0 Å². The second-order valence-corrected chi connectivity index (χ2v) is 2.90. The van der Waals surface area contributed by atoms with Gasteiger partial charge < -0.3 is 0 Å². The predicted octanol–water partition coefficient (Wildman–Crippen LogP) is 2.06. The second kappa shape index (κ2) is 2.70. The molecule has 0 fully saturated rings. The van der Waals surface area contributed by atoms with Gasteiger partial charge in [0.1, 0.15) is 0 Å². The highest BCUT2D eigenvalue weighted by molar-refractivity contribution is 5.38. The van der Waals surface area contributed by atoms with Gasteiger partial charge in [0, 0.05) is 0 Å². The van der Waals surface area contributed by atoms with Gasteiger partial charge in [0.25, 0.3) is 0 Å². The Balaban J connectivity index is 2.62. The molecular weight excluding hydrogens is 195 g/mol. The smallest absolute Gasteiger partial charge is 0.232 e. The van der Waals surface area contributed by atoms with Crippen molar-refractivity contribution >= 4 is 5.65 Å². The number of nitrogens with zero attached hydrogens (tertiary/aromatic N) is 3. The number of hydrogen-bond acceptors (Lipinski definition) is 2. The number of fused-ring (bicyclic) bond motifs is 1. The molecule has 2 aromatic heterocycles. The Morgan fingerprint density at radius 1 is 1.29 bits per heavy atom. The summed E-state index contributed by atoms with van der Waals surface area (Å²) in [6.45, 7) is 1.70. The van der Waals surface area contributed by atoms with Gasteiger partial charge in [-0.1, -0.05) is 0 Å². The van der Waals surface area contributed by atoms with Crippen LogP contribution < -0.4 is 0 Å². The summed E-state index contributed by atoms with van der Waals surface area (Å²) in [5, 5.41) is 3.40. The quantitative estimate of drug-likeness (QED) is 0.653. The van der Waals surface area contributed by atoms with Crippen LogP contribution in [0.15, 0.2) is 18.3 Å². The average Bonchev–Trinajstić information content (AvgIpc) is 2.41. The molecule has 6 heteroatoms. The maximum absolute atomic E-state index is 12.2. The van der Waals surface area contributed by atoms with Crippen LogP contribution in [0.2, 0.25) is 0 Å². The molecule has 0 spiro atoms. The Bertz CT molecular complexity index is 472. The predicted molar refractivity (Wildman–Crippen MR) is 42.7 cm³/mol. The van der Waals surface area contributed by atoms with Gasteiger partial charge in [-0.25, -0.2) is 9.50 Å². The minimum absolute atomic E-state index is 0.413. The molecule has 0 radical (unpaired) electrons. The van der Waals surface area contributed by atoms with E-state index >= 15 is 0 Å². The lowest BCUT2D eigenvalue weighted by molar-refractivity contribution is -0.141. The third-order valence-electron chi connectivity index (χ3n) is 1.73. The Morgan fingerprint density at radius 2 is 2.00 bits per heavy atom. The highest BCUT2D eigenvalue weighted by Crippen LogP contribution is 2.27. The number of halogens is 3. The van der Waals surface area contributed by atoms with Crippen molar-refractivity contribution in [3.8, 4) is 0 Å². The van der Waals surface area contributed by atoms with E-state index in [4.69, 9.17) is 0 Å². The molecule has 0 unspecified atom stereocenters. The van der Waals surface area contributed by atoms with Crippen LogP contribution in [0.1, 0.15) is 11.4 Å². The van der Waals surface area contributed by atoms with E-state index in [2.05, 4.69) is 10.1 Å². The number of rotatable bonds is 0. The molecule has 74 valence electrons. The van der Waals surface area contributed by atoms with Gasteiger partial charge in [-0.2, -0.15) is 18.3 Å². The van der Waals surface area contributed by atoms with Crippen molar-refractivity contribution in [2.75, 3.05) is 0 Å². The summed E-state index contributed by atoms with van der Waals surface area (Å²) in [4.78, 5) is 3.97. The van der Waals surface area contributed by atoms with Gasteiger partial charge in [-0.15, -0.1) is 0 Å². The minimum atomic E-state index is -4.41. The van der Waals surface area contributed by atoms with Crippen LogP contribution in [0.4, 0.5) is 13.2 Å². The van der Waals surface area contributed by atoms with E-state index in [0.29, 0.717) is 11.3 Å². The molecule has 2 aromatic rings. The van der Waals surface area contributed by atoms with Gasteiger partial charge in [0.15, 0.2) is 11.3 Å². The maximum atomic E-state index is 12.2. The maximum Gasteiger partial charge on any atom is 0.435 e. The van der Waals surface area contributed by atoms with Gasteiger partial charge in [-0.3, -0.25) is 0 Å². The molecule has 0 aliphatic heterocycles. The summed E-state index contributed by atoms with van der Waals surface area (Å²) in [6.07, 6.45) is -2.96. The third kappa shape index (κ3) is 1.43. The van der Waals surface area contributed by atoms with E-state index in [1.165, 1.54) is 12.3 Å². The molecular formula is C8H6F3N3. The summed E-state index contributed by atoms with van der Waals surface area (Å²) in [7, 11) is 0. The normalized spacial score (nSPS) is 12.3. The molecule has 2 heterocycles. The van der Waals surface area contributed by atoms with Crippen molar-refractivity contribution in [2.45, 2.75) is 13.1 Å². The van der Waals surface area contributed by atoms with Crippen LogP contribution in [0.5, 0.6) is 0 Å². The second-order valence-electron chi connectivity index (χ2n) is 2.90. The highest BCUT2D eigenvalue weighted by Gasteiger charge is 2.32. The summed E-state index contributed by atoms with van der Waals surface area (Å²) in [5.74, 6) is 0. The number of hydrogen-bond donors (Lipinski definition) is 0. The van der Waals surface area contributed by atoms with Gasteiger partial charge in [0.05, 0.1) is 11.9 Å². The van der Waals surface area contributed by atoms with Crippen LogP contribution >= 0.6 is 0 Å². The van der Waals surface area contributed by atoms with Crippen LogP contribution in [-0.2, 0) is 6.18 Å². The zero-order valence-electron chi connectivity index (χ0n) is 7.21. The third-order valence-corrected chi connectivity index (χ3v) is 1.73. The summed E-state index contributed by atoms with van der Waals surface area (Å²) >= 11 is 0. The summed E-state index contributed by atoms with van der Waals surface area (Å²) in [5.41, 5.74) is 0.134. The van der Waals surface area contributed by atoms with Crippen LogP contribution in [0.25, 0.3) is 5.65 Å². The van der Waals surface area contributed by atoms with E-state index in [1.807, 2.05) is 0 Å². The molecule has 0 atom stereocenters. The fourth-order valence-electron chi connectivity index (χ4n) is 1.15. The molecule has 0 bridgehead atoms. The topological polar surface area (TPSA) is 30.2 Å². The molecule has 0 N–H and O–H groups in total. The van der Waals surface area contributed by atoms with Gasteiger partial charge >= 0.3 is 6.18 Å². The molecule has 0 aromatic carbocycles. The lowest BCUT2D eigenvalue weighted by atomic mass is 10.4. The van der Waals surface area contributed by atoms with E-state index in [1.54, 1.807) is 6.92 Å². The minimum Gasteiger partial charge on any atom is -0.232 e. The average molecular weight is 201 g/mol. The number of alkyl halides is 3. The Hall–Kier alpha value is -1.59.